The number of piperazine rings is 1. The summed E-state index contributed by atoms with van der Waals surface area (Å²) in [6.45, 7) is 11.7. The molecule has 6 heteroatoms. The van der Waals surface area contributed by atoms with E-state index in [1.165, 1.54) is 11.3 Å². The van der Waals surface area contributed by atoms with E-state index in [1.54, 1.807) is 0 Å². The molecule has 0 unspecified atom stereocenters. The van der Waals surface area contributed by atoms with Crippen molar-refractivity contribution in [3.8, 4) is 0 Å². The molecule has 1 aromatic carbocycles. The van der Waals surface area contributed by atoms with Gasteiger partial charge >= 0.3 is 0 Å². The second-order valence-electron chi connectivity index (χ2n) is 8.21. The molecule has 28 heavy (non-hydrogen) atoms. The molecule has 0 aromatic heterocycles. The number of guanidine groups is 1. The summed E-state index contributed by atoms with van der Waals surface area (Å²) in [5, 5.41) is 3.52. The summed E-state index contributed by atoms with van der Waals surface area (Å²) in [4.78, 5) is 12.3. The minimum atomic E-state index is 0.113. The van der Waals surface area contributed by atoms with Crippen LogP contribution in [0.4, 0.5) is 5.69 Å². The molecular formula is C22H37N5O. The Bertz CT molecular complexity index is 646. The number of hydrogen-bond donors (Lipinski definition) is 1. The highest BCUT2D eigenvalue weighted by atomic mass is 16.5. The molecule has 0 aliphatic carbocycles. The molecule has 0 spiro atoms. The lowest BCUT2D eigenvalue weighted by molar-refractivity contribution is -0.00264. The Labute approximate surface area is 170 Å². The molecule has 2 saturated heterocycles. The topological polar surface area (TPSA) is 43.3 Å². The third-order valence-corrected chi connectivity index (χ3v) is 6.18. The molecule has 2 heterocycles. The lowest BCUT2D eigenvalue weighted by Gasteiger charge is -2.42. The van der Waals surface area contributed by atoms with Crippen LogP contribution >= 0.6 is 0 Å². The van der Waals surface area contributed by atoms with Crippen LogP contribution < -0.4 is 10.2 Å². The van der Waals surface area contributed by atoms with Gasteiger partial charge in [-0.25, -0.2) is 0 Å². The molecule has 0 radical (unpaired) electrons. The minimum Gasteiger partial charge on any atom is -0.381 e. The van der Waals surface area contributed by atoms with Crippen molar-refractivity contribution in [2.24, 2.45) is 4.99 Å². The zero-order chi connectivity index (χ0) is 20.0. The Morgan fingerprint density at radius 1 is 1.18 bits per heavy atom. The van der Waals surface area contributed by atoms with Crippen molar-refractivity contribution in [2.45, 2.75) is 32.2 Å². The van der Waals surface area contributed by atoms with E-state index in [2.05, 4.69) is 72.2 Å². The molecule has 0 amide bonds. The number of rotatable bonds is 5. The first-order valence-corrected chi connectivity index (χ1v) is 10.6. The van der Waals surface area contributed by atoms with Gasteiger partial charge in [0.25, 0.3) is 0 Å². The Morgan fingerprint density at radius 2 is 1.89 bits per heavy atom. The van der Waals surface area contributed by atoms with Crippen LogP contribution in [0.25, 0.3) is 0 Å². The quantitative estimate of drug-likeness (QED) is 0.620. The van der Waals surface area contributed by atoms with Gasteiger partial charge in [0.15, 0.2) is 5.96 Å². The SMILES string of the molecule is CCNC(=NCC1(N(C)C)CCOCC1)N1CCN(c2cccc(C)c2)CC1. The van der Waals surface area contributed by atoms with Gasteiger partial charge in [0.2, 0.25) is 0 Å². The van der Waals surface area contributed by atoms with Crippen LogP contribution in [0.5, 0.6) is 0 Å². The maximum atomic E-state index is 5.60. The molecule has 0 saturated carbocycles. The van der Waals surface area contributed by atoms with E-state index < -0.39 is 0 Å². The smallest absolute Gasteiger partial charge is 0.194 e. The molecule has 2 aliphatic rings. The van der Waals surface area contributed by atoms with Crippen molar-refractivity contribution < 1.29 is 4.74 Å². The number of nitrogens with one attached hydrogen (secondary N) is 1. The third-order valence-electron chi connectivity index (χ3n) is 6.18. The molecule has 0 bridgehead atoms. The zero-order valence-electron chi connectivity index (χ0n) is 18.1. The highest BCUT2D eigenvalue weighted by Crippen LogP contribution is 2.26. The number of benzene rings is 1. The first-order valence-electron chi connectivity index (χ1n) is 10.6. The predicted molar refractivity (Wildman–Crippen MR) is 117 cm³/mol. The van der Waals surface area contributed by atoms with Gasteiger partial charge in [-0.05, 0) is 58.5 Å². The second-order valence-corrected chi connectivity index (χ2v) is 8.21. The van der Waals surface area contributed by atoms with E-state index in [1.807, 2.05) is 0 Å². The van der Waals surface area contributed by atoms with Gasteiger partial charge in [-0.1, -0.05) is 12.1 Å². The number of nitrogens with zero attached hydrogens (tertiary/aromatic N) is 4. The average Bonchev–Trinajstić information content (AvgIpc) is 2.72. The molecule has 2 aliphatic heterocycles. The van der Waals surface area contributed by atoms with E-state index in [0.29, 0.717) is 0 Å². The Morgan fingerprint density at radius 3 is 2.50 bits per heavy atom. The zero-order valence-corrected chi connectivity index (χ0v) is 18.1. The molecule has 2 fully saturated rings. The Hall–Kier alpha value is -1.79. The number of hydrogen-bond acceptors (Lipinski definition) is 4. The van der Waals surface area contributed by atoms with E-state index in [4.69, 9.17) is 9.73 Å². The van der Waals surface area contributed by atoms with Gasteiger partial charge in [-0.2, -0.15) is 0 Å². The van der Waals surface area contributed by atoms with Gasteiger partial charge in [0.05, 0.1) is 6.54 Å². The molecular weight excluding hydrogens is 350 g/mol. The van der Waals surface area contributed by atoms with Crippen LogP contribution in [0, 0.1) is 6.92 Å². The molecule has 3 rings (SSSR count). The fourth-order valence-corrected chi connectivity index (χ4v) is 4.15. The summed E-state index contributed by atoms with van der Waals surface area (Å²) in [5.74, 6) is 1.05. The lowest BCUT2D eigenvalue weighted by Crippen LogP contribution is -2.54. The fraction of sp³-hybridized carbons (Fsp3) is 0.682. The van der Waals surface area contributed by atoms with Crippen molar-refractivity contribution in [1.82, 2.24) is 15.1 Å². The number of aryl methyl sites for hydroxylation is 1. The van der Waals surface area contributed by atoms with Gasteiger partial charge in [0, 0.05) is 57.2 Å². The van der Waals surface area contributed by atoms with Crippen molar-refractivity contribution in [1.29, 1.82) is 0 Å². The highest BCUT2D eigenvalue weighted by Gasteiger charge is 2.35. The van der Waals surface area contributed by atoms with Gasteiger partial charge in [-0.3, -0.25) is 4.99 Å². The van der Waals surface area contributed by atoms with Crippen molar-refractivity contribution in [3.63, 3.8) is 0 Å². The maximum absolute atomic E-state index is 5.60. The highest BCUT2D eigenvalue weighted by molar-refractivity contribution is 5.80. The van der Waals surface area contributed by atoms with Crippen LogP contribution in [0.1, 0.15) is 25.3 Å². The van der Waals surface area contributed by atoms with Crippen LogP contribution in [0.2, 0.25) is 0 Å². The van der Waals surface area contributed by atoms with Crippen LogP contribution in [0.3, 0.4) is 0 Å². The maximum Gasteiger partial charge on any atom is 0.194 e. The predicted octanol–water partition coefficient (Wildman–Crippen LogP) is 2.19. The summed E-state index contributed by atoms with van der Waals surface area (Å²) < 4.78 is 5.60. The lowest BCUT2D eigenvalue weighted by atomic mass is 9.89. The largest absolute Gasteiger partial charge is 0.381 e. The summed E-state index contributed by atoms with van der Waals surface area (Å²) in [6, 6.07) is 8.80. The number of ether oxygens (including phenoxy) is 1. The molecule has 156 valence electrons. The monoisotopic (exact) mass is 387 g/mol. The van der Waals surface area contributed by atoms with Gasteiger partial charge < -0.3 is 24.8 Å². The normalized spacial score (nSPS) is 20.5. The molecule has 0 atom stereocenters. The van der Waals surface area contributed by atoms with Crippen LogP contribution in [-0.2, 0) is 4.74 Å². The molecule has 6 nitrogen and oxygen atoms in total. The third kappa shape index (κ3) is 4.97. The van der Waals surface area contributed by atoms with Crippen molar-refractivity contribution in [3.05, 3.63) is 29.8 Å². The first kappa shape index (κ1) is 20.9. The number of likely N-dealkylation sites (N-methyl/N-ethyl adjacent to an activating group) is 1. The summed E-state index contributed by atoms with van der Waals surface area (Å²) in [7, 11) is 4.35. The number of anilines is 1. The summed E-state index contributed by atoms with van der Waals surface area (Å²) in [5.41, 5.74) is 2.76. The second kappa shape index (κ2) is 9.61. The van der Waals surface area contributed by atoms with E-state index in [0.717, 1.165) is 71.3 Å². The Kier molecular flexibility index (Phi) is 7.18. The standard InChI is InChI=1S/C22H37N5O/c1-5-23-21(24-18-22(25(3)4)9-15-28-16-10-22)27-13-11-26(12-14-27)20-8-6-7-19(2)17-20/h6-8,17H,5,9-16,18H2,1-4H3,(H,23,24). The van der Waals surface area contributed by atoms with Crippen LogP contribution in [-0.4, -0.2) is 87.9 Å². The van der Waals surface area contributed by atoms with Gasteiger partial charge in [0.1, 0.15) is 0 Å². The molecule has 1 N–H and O–H groups in total. The first-order chi connectivity index (χ1) is 13.5. The van der Waals surface area contributed by atoms with E-state index >= 15 is 0 Å². The van der Waals surface area contributed by atoms with Crippen molar-refractivity contribution in [2.75, 3.05) is 71.5 Å². The minimum absolute atomic E-state index is 0.113. The van der Waals surface area contributed by atoms with Crippen LogP contribution in [0.15, 0.2) is 29.3 Å². The van der Waals surface area contributed by atoms with Crippen molar-refractivity contribution >= 4 is 11.6 Å². The Balaban J connectivity index is 1.65. The summed E-state index contributed by atoms with van der Waals surface area (Å²) >= 11 is 0. The fourth-order valence-electron chi connectivity index (χ4n) is 4.15. The number of aliphatic imine (C=N–C) groups is 1. The average molecular weight is 388 g/mol. The van der Waals surface area contributed by atoms with Gasteiger partial charge in [-0.15, -0.1) is 0 Å². The molecule has 1 aromatic rings. The summed E-state index contributed by atoms with van der Waals surface area (Å²) in [6.07, 6.45) is 2.09. The van der Waals surface area contributed by atoms with E-state index in [9.17, 15) is 0 Å². The van der Waals surface area contributed by atoms with E-state index in [-0.39, 0.29) is 5.54 Å².